The van der Waals surface area contributed by atoms with Crippen LogP contribution in [0.4, 0.5) is 0 Å². The van der Waals surface area contributed by atoms with Crippen LogP contribution in [0.2, 0.25) is 0 Å². The molecule has 1 fully saturated rings. The van der Waals surface area contributed by atoms with Gasteiger partial charge >= 0.3 is 0 Å². The van der Waals surface area contributed by atoms with Gasteiger partial charge in [-0.1, -0.05) is 0 Å². The van der Waals surface area contributed by atoms with E-state index >= 15 is 0 Å². The minimum absolute atomic E-state index is 0.0623. The van der Waals surface area contributed by atoms with Gasteiger partial charge in [0.05, 0.1) is 17.8 Å². The molecule has 4 nitrogen and oxygen atoms in total. The fourth-order valence-electron chi connectivity index (χ4n) is 2.00. The van der Waals surface area contributed by atoms with E-state index in [4.69, 9.17) is 4.74 Å². The van der Waals surface area contributed by atoms with E-state index in [0.29, 0.717) is 6.10 Å². The Bertz CT molecular complexity index is 348. The molecular weight excluding hydrogens is 214 g/mol. The number of nitrogens with one attached hydrogen (secondary N) is 1. The van der Waals surface area contributed by atoms with Gasteiger partial charge in [0.15, 0.2) is 0 Å². The zero-order valence-electron chi connectivity index (χ0n) is 11.1. The Balaban J connectivity index is 1.77. The number of rotatable bonds is 4. The second-order valence-corrected chi connectivity index (χ2v) is 5.73. The Kier molecular flexibility index (Phi) is 3.84. The summed E-state index contributed by atoms with van der Waals surface area (Å²) in [5.41, 5.74) is 1.30. The zero-order chi connectivity index (χ0) is 12.3. The van der Waals surface area contributed by atoms with Crippen molar-refractivity contribution in [3.63, 3.8) is 0 Å². The third kappa shape index (κ3) is 3.54. The molecule has 0 bridgehead atoms. The summed E-state index contributed by atoms with van der Waals surface area (Å²) in [6.45, 7) is 9.21. The minimum Gasteiger partial charge on any atom is -0.377 e. The molecule has 0 amide bonds. The van der Waals surface area contributed by atoms with Gasteiger partial charge in [0, 0.05) is 31.5 Å². The third-order valence-corrected chi connectivity index (χ3v) is 3.05. The Morgan fingerprint density at radius 3 is 2.94 bits per heavy atom. The van der Waals surface area contributed by atoms with Gasteiger partial charge in [0.2, 0.25) is 0 Å². The van der Waals surface area contributed by atoms with E-state index in [1.54, 1.807) is 0 Å². The lowest BCUT2D eigenvalue weighted by Gasteiger charge is -2.18. The number of nitrogens with zero attached hydrogens (tertiary/aromatic N) is 2. The Hall–Kier alpha value is -0.870. The predicted molar refractivity (Wildman–Crippen MR) is 67.9 cm³/mol. The standard InChI is InChI=1S/C13H23N3O/c1-13(2,3)16-10-11(8-15-16)7-14-9-12-5-4-6-17-12/h8,10,12,14H,4-7,9H2,1-3H3/t12-/m0/s1. The molecule has 0 saturated carbocycles. The van der Waals surface area contributed by atoms with Crippen LogP contribution in [-0.2, 0) is 16.8 Å². The molecule has 17 heavy (non-hydrogen) atoms. The maximum atomic E-state index is 5.57. The van der Waals surface area contributed by atoms with Crippen LogP contribution in [0.15, 0.2) is 12.4 Å². The van der Waals surface area contributed by atoms with Gasteiger partial charge in [-0.25, -0.2) is 0 Å². The van der Waals surface area contributed by atoms with Gasteiger partial charge in [-0.15, -0.1) is 0 Å². The summed E-state index contributed by atoms with van der Waals surface area (Å²) >= 11 is 0. The first-order chi connectivity index (χ1) is 8.05. The van der Waals surface area contributed by atoms with Crippen LogP contribution < -0.4 is 5.32 Å². The molecule has 2 heterocycles. The van der Waals surface area contributed by atoms with Crippen molar-refractivity contribution >= 4 is 0 Å². The predicted octanol–water partition coefficient (Wildman–Crippen LogP) is 1.91. The number of hydrogen-bond donors (Lipinski definition) is 1. The van der Waals surface area contributed by atoms with Crippen LogP contribution in [-0.4, -0.2) is 29.0 Å². The van der Waals surface area contributed by atoms with E-state index < -0.39 is 0 Å². The molecule has 0 aliphatic carbocycles. The van der Waals surface area contributed by atoms with Crippen molar-refractivity contribution in [3.8, 4) is 0 Å². The van der Waals surface area contributed by atoms with E-state index in [1.807, 2.05) is 10.9 Å². The first-order valence-corrected chi connectivity index (χ1v) is 6.42. The van der Waals surface area contributed by atoms with Crippen LogP contribution in [0.5, 0.6) is 0 Å². The van der Waals surface area contributed by atoms with Gasteiger partial charge in [-0.3, -0.25) is 4.68 Å². The second kappa shape index (κ2) is 5.19. The number of ether oxygens (including phenoxy) is 1. The SMILES string of the molecule is CC(C)(C)n1cc(CNC[C@@H]2CCCO2)cn1. The third-order valence-electron chi connectivity index (χ3n) is 3.05. The summed E-state index contributed by atoms with van der Waals surface area (Å²) in [6.07, 6.45) is 6.85. The van der Waals surface area contributed by atoms with Crippen LogP contribution in [0.25, 0.3) is 0 Å². The van der Waals surface area contributed by atoms with Crippen molar-refractivity contribution in [1.29, 1.82) is 0 Å². The van der Waals surface area contributed by atoms with Crippen molar-refractivity contribution in [2.45, 2.75) is 51.8 Å². The van der Waals surface area contributed by atoms with Crippen LogP contribution in [0, 0.1) is 0 Å². The maximum absolute atomic E-state index is 5.57. The molecule has 1 aromatic heterocycles. The highest BCUT2D eigenvalue weighted by molar-refractivity contribution is 5.04. The Labute approximate surface area is 103 Å². The largest absolute Gasteiger partial charge is 0.377 e. The highest BCUT2D eigenvalue weighted by atomic mass is 16.5. The fraction of sp³-hybridized carbons (Fsp3) is 0.769. The molecule has 0 aromatic carbocycles. The van der Waals surface area contributed by atoms with Crippen molar-refractivity contribution in [3.05, 3.63) is 18.0 Å². The number of aromatic nitrogens is 2. The summed E-state index contributed by atoms with van der Waals surface area (Å²) in [5.74, 6) is 0. The molecule has 4 heteroatoms. The molecule has 1 atom stereocenters. The second-order valence-electron chi connectivity index (χ2n) is 5.73. The normalized spacial score (nSPS) is 21.0. The van der Waals surface area contributed by atoms with Crippen LogP contribution in [0.1, 0.15) is 39.2 Å². The van der Waals surface area contributed by atoms with Crippen LogP contribution >= 0.6 is 0 Å². The molecule has 1 aromatic rings. The summed E-state index contributed by atoms with van der Waals surface area (Å²) in [7, 11) is 0. The number of hydrogen-bond acceptors (Lipinski definition) is 3. The summed E-state index contributed by atoms with van der Waals surface area (Å²) in [4.78, 5) is 0. The lowest BCUT2D eigenvalue weighted by atomic mass is 10.1. The Morgan fingerprint density at radius 1 is 1.53 bits per heavy atom. The van der Waals surface area contributed by atoms with Gasteiger partial charge in [0.1, 0.15) is 0 Å². The lowest BCUT2D eigenvalue weighted by molar-refractivity contribution is 0.110. The molecule has 1 aliphatic rings. The van der Waals surface area contributed by atoms with Gasteiger partial charge in [-0.05, 0) is 33.6 Å². The van der Waals surface area contributed by atoms with Crippen molar-refractivity contribution in [2.75, 3.05) is 13.2 Å². The van der Waals surface area contributed by atoms with E-state index in [1.165, 1.54) is 18.4 Å². The average Bonchev–Trinajstić information content (AvgIpc) is 2.86. The van der Waals surface area contributed by atoms with Crippen molar-refractivity contribution in [1.82, 2.24) is 15.1 Å². The summed E-state index contributed by atoms with van der Waals surface area (Å²) < 4.78 is 7.58. The quantitative estimate of drug-likeness (QED) is 0.869. The minimum atomic E-state index is 0.0623. The fourth-order valence-corrected chi connectivity index (χ4v) is 2.00. The molecule has 2 rings (SSSR count). The molecule has 1 N–H and O–H groups in total. The van der Waals surface area contributed by atoms with E-state index in [-0.39, 0.29) is 5.54 Å². The smallest absolute Gasteiger partial charge is 0.0700 e. The maximum Gasteiger partial charge on any atom is 0.0700 e. The van der Waals surface area contributed by atoms with E-state index in [2.05, 4.69) is 37.4 Å². The molecule has 1 aliphatic heterocycles. The first-order valence-electron chi connectivity index (χ1n) is 6.42. The molecular formula is C13H23N3O. The highest BCUT2D eigenvalue weighted by Crippen LogP contribution is 2.13. The average molecular weight is 237 g/mol. The summed E-state index contributed by atoms with van der Waals surface area (Å²) in [5, 5.41) is 7.81. The van der Waals surface area contributed by atoms with Crippen molar-refractivity contribution < 1.29 is 4.74 Å². The first kappa shape index (κ1) is 12.6. The Morgan fingerprint density at radius 2 is 2.35 bits per heavy atom. The topological polar surface area (TPSA) is 39.1 Å². The molecule has 0 radical (unpaired) electrons. The van der Waals surface area contributed by atoms with Gasteiger partial charge < -0.3 is 10.1 Å². The molecule has 0 unspecified atom stereocenters. The zero-order valence-corrected chi connectivity index (χ0v) is 11.1. The monoisotopic (exact) mass is 237 g/mol. The lowest BCUT2D eigenvalue weighted by Crippen LogP contribution is -2.25. The molecule has 96 valence electrons. The van der Waals surface area contributed by atoms with Gasteiger partial charge in [-0.2, -0.15) is 5.10 Å². The highest BCUT2D eigenvalue weighted by Gasteiger charge is 2.16. The van der Waals surface area contributed by atoms with E-state index in [0.717, 1.165) is 19.7 Å². The van der Waals surface area contributed by atoms with Crippen LogP contribution in [0.3, 0.4) is 0 Å². The summed E-state index contributed by atoms with van der Waals surface area (Å²) in [6, 6.07) is 0. The molecule has 1 saturated heterocycles. The van der Waals surface area contributed by atoms with E-state index in [9.17, 15) is 0 Å². The van der Waals surface area contributed by atoms with Gasteiger partial charge in [0.25, 0.3) is 0 Å². The molecule has 0 spiro atoms. The van der Waals surface area contributed by atoms with Crippen molar-refractivity contribution in [2.24, 2.45) is 0 Å².